The first-order chi connectivity index (χ1) is 14.8. The molecule has 31 heavy (non-hydrogen) atoms. The lowest BCUT2D eigenvalue weighted by molar-refractivity contribution is -0.905. The molecule has 6 nitrogen and oxygen atoms in total. The molecule has 0 aromatic carbocycles. The van der Waals surface area contributed by atoms with Gasteiger partial charge in [-0.15, -0.1) is 0 Å². The normalized spacial score (nSPS) is 20.5. The third-order valence-electron chi connectivity index (χ3n) is 6.21. The summed E-state index contributed by atoms with van der Waals surface area (Å²) in [4.78, 5) is 23.0. The first-order valence-corrected chi connectivity index (χ1v) is 12.8. The number of ether oxygens (including phenoxy) is 1. The fourth-order valence-electron chi connectivity index (χ4n) is 4.57. The summed E-state index contributed by atoms with van der Waals surface area (Å²) in [6.45, 7) is 4.12. The first-order valence-electron chi connectivity index (χ1n) is 12.8. The van der Waals surface area contributed by atoms with E-state index < -0.39 is 5.97 Å². The van der Waals surface area contributed by atoms with Gasteiger partial charge in [0.05, 0.1) is 14.1 Å². The van der Waals surface area contributed by atoms with E-state index in [9.17, 15) is 14.7 Å². The minimum atomic E-state index is -1.09. The molecule has 0 aliphatic carbocycles. The largest absolute Gasteiger partial charge is 0.550 e. The molecule has 0 spiro atoms. The molecule has 6 heteroatoms. The summed E-state index contributed by atoms with van der Waals surface area (Å²) in [5.41, 5.74) is 0. The molecule has 1 rings (SSSR count). The average molecular weight is 441 g/mol. The van der Waals surface area contributed by atoms with Gasteiger partial charge in [-0.2, -0.15) is 0 Å². The Kier molecular flexibility index (Phi) is 14.8. The summed E-state index contributed by atoms with van der Waals surface area (Å²) >= 11 is 0. The van der Waals surface area contributed by atoms with Gasteiger partial charge < -0.3 is 24.4 Å². The molecule has 0 aromatic rings. The second-order valence-corrected chi connectivity index (χ2v) is 10.1. The predicted molar refractivity (Wildman–Crippen MR) is 123 cm³/mol. The standard InChI is InChI=1S/C25H48N2O4/c1-4-5-6-7-8-9-10-11-12-13-14-15-16-17-24(28)26-19-23-21-27(2,3)20-22(31-23)18-25(29)30/h22-23H,4-21H2,1-3H3,(H-,26,28,29,30)/t22-,23+/m0/s1. The molecule has 0 bridgehead atoms. The Morgan fingerprint density at radius 1 is 0.839 bits per heavy atom. The topological polar surface area (TPSA) is 78.5 Å². The molecule has 1 heterocycles. The molecule has 0 unspecified atom stereocenters. The minimum absolute atomic E-state index is 0.0685. The van der Waals surface area contributed by atoms with Crippen LogP contribution in [0.1, 0.15) is 103 Å². The number of quaternary nitrogens is 1. The number of hydrogen-bond acceptors (Lipinski definition) is 4. The smallest absolute Gasteiger partial charge is 0.220 e. The number of morpholine rings is 1. The molecule has 182 valence electrons. The van der Waals surface area contributed by atoms with E-state index in [1.54, 1.807) is 0 Å². The fraction of sp³-hybridized carbons (Fsp3) is 0.920. The van der Waals surface area contributed by atoms with Crippen molar-refractivity contribution in [2.45, 2.75) is 115 Å². The van der Waals surface area contributed by atoms with Gasteiger partial charge in [-0.1, -0.05) is 84.0 Å². The number of nitrogens with one attached hydrogen (secondary N) is 1. The van der Waals surface area contributed by atoms with Gasteiger partial charge in [0.15, 0.2) is 0 Å². The van der Waals surface area contributed by atoms with E-state index in [0.29, 0.717) is 24.0 Å². The van der Waals surface area contributed by atoms with Crippen LogP contribution in [-0.2, 0) is 14.3 Å². The van der Waals surface area contributed by atoms with Crippen molar-refractivity contribution in [2.24, 2.45) is 0 Å². The number of unbranched alkanes of at least 4 members (excludes halogenated alkanes) is 12. The number of rotatable bonds is 18. The van der Waals surface area contributed by atoms with Crippen molar-refractivity contribution in [1.29, 1.82) is 0 Å². The second kappa shape index (κ2) is 16.5. The van der Waals surface area contributed by atoms with Crippen LogP contribution in [0, 0.1) is 0 Å². The zero-order valence-electron chi connectivity index (χ0n) is 20.5. The van der Waals surface area contributed by atoms with Crippen LogP contribution < -0.4 is 10.4 Å². The van der Waals surface area contributed by atoms with Gasteiger partial charge >= 0.3 is 0 Å². The second-order valence-electron chi connectivity index (χ2n) is 10.1. The third kappa shape index (κ3) is 15.3. The third-order valence-corrected chi connectivity index (χ3v) is 6.21. The van der Waals surface area contributed by atoms with Crippen molar-refractivity contribution in [3.63, 3.8) is 0 Å². The highest BCUT2D eigenvalue weighted by Gasteiger charge is 2.34. The van der Waals surface area contributed by atoms with Gasteiger partial charge in [-0.3, -0.25) is 4.79 Å². The number of likely N-dealkylation sites (N-methyl/N-ethyl adjacent to an activating group) is 1. The maximum absolute atomic E-state index is 12.1. The van der Waals surface area contributed by atoms with E-state index in [4.69, 9.17) is 4.74 Å². The number of carboxylic acids is 1. The fourth-order valence-corrected chi connectivity index (χ4v) is 4.57. The quantitative estimate of drug-likeness (QED) is 0.261. The Balaban J connectivity index is 1.99. The molecular formula is C25H48N2O4. The van der Waals surface area contributed by atoms with Gasteiger partial charge in [-0.25, -0.2) is 0 Å². The van der Waals surface area contributed by atoms with Gasteiger partial charge in [0.2, 0.25) is 5.91 Å². The van der Waals surface area contributed by atoms with E-state index in [1.807, 2.05) is 0 Å². The van der Waals surface area contributed by atoms with E-state index in [1.165, 1.54) is 70.6 Å². The lowest BCUT2D eigenvalue weighted by Crippen LogP contribution is -2.59. The summed E-state index contributed by atoms with van der Waals surface area (Å²) in [6.07, 6.45) is 16.8. The molecule has 0 saturated carbocycles. The molecule has 0 radical (unpaired) electrons. The van der Waals surface area contributed by atoms with Crippen LogP contribution >= 0.6 is 0 Å². The number of carbonyl (C=O) groups excluding carboxylic acids is 2. The number of carboxylic acid groups (broad SMARTS) is 1. The van der Waals surface area contributed by atoms with Crippen molar-refractivity contribution in [2.75, 3.05) is 33.7 Å². The Hall–Kier alpha value is -1.14. The van der Waals surface area contributed by atoms with Crippen LogP contribution in [0.25, 0.3) is 0 Å². The number of hydrogen-bond donors (Lipinski definition) is 1. The summed E-state index contributed by atoms with van der Waals surface area (Å²) in [5.74, 6) is -1.02. The summed E-state index contributed by atoms with van der Waals surface area (Å²) in [6, 6.07) is 0. The number of aliphatic carboxylic acids is 1. The molecule has 1 aliphatic heterocycles. The van der Waals surface area contributed by atoms with Crippen LogP contribution in [0.5, 0.6) is 0 Å². The van der Waals surface area contributed by atoms with Crippen LogP contribution in [0.15, 0.2) is 0 Å². The van der Waals surface area contributed by atoms with Gasteiger partial charge in [0.25, 0.3) is 0 Å². The zero-order valence-corrected chi connectivity index (χ0v) is 20.5. The molecule has 1 fully saturated rings. The Morgan fingerprint density at radius 3 is 1.84 bits per heavy atom. The van der Waals surface area contributed by atoms with Crippen LogP contribution in [0.3, 0.4) is 0 Å². The molecule has 1 N–H and O–H groups in total. The number of amides is 1. The van der Waals surface area contributed by atoms with E-state index in [0.717, 1.165) is 19.4 Å². The number of nitrogens with zero attached hydrogens (tertiary/aromatic N) is 1. The lowest BCUT2D eigenvalue weighted by Gasteiger charge is -2.42. The molecule has 2 atom stereocenters. The summed E-state index contributed by atoms with van der Waals surface area (Å²) < 4.78 is 6.55. The van der Waals surface area contributed by atoms with Gasteiger partial charge in [0, 0.05) is 25.4 Å². The van der Waals surface area contributed by atoms with E-state index in [-0.39, 0.29) is 24.5 Å². The van der Waals surface area contributed by atoms with Crippen LogP contribution in [0.2, 0.25) is 0 Å². The SMILES string of the molecule is CCCCCCCCCCCCCCCC(=O)NC[C@@H]1C[N+](C)(C)C[C@H](CC(=O)[O-])O1. The molecule has 1 aliphatic rings. The summed E-state index contributed by atoms with van der Waals surface area (Å²) in [7, 11) is 4.13. The highest BCUT2D eigenvalue weighted by atomic mass is 16.5. The molecule has 0 aromatic heterocycles. The first kappa shape index (κ1) is 27.9. The van der Waals surface area contributed by atoms with Crippen molar-refractivity contribution >= 4 is 11.9 Å². The van der Waals surface area contributed by atoms with Crippen molar-refractivity contribution in [1.82, 2.24) is 5.32 Å². The van der Waals surface area contributed by atoms with Crippen molar-refractivity contribution in [3.05, 3.63) is 0 Å². The number of carbonyl (C=O) groups is 2. The highest BCUT2D eigenvalue weighted by Crippen LogP contribution is 2.17. The van der Waals surface area contributed by atoms with Gasteiger partial charge in [-0.05, 0) is 6.42 Å². The minimum Gasteiger partial charge on any atom is -0.550 e. The van der Waals surface area contributed by atoms with Crippen molar-refractivity contribution < 1.29 is 23.9 Å². The average Bonchev–Trinajstić information content (AvgIpc) is 2.68. The molecule has 1 saturated heterocycles. The Bertz CT molecular complexity index is 496. The molecule has 1 amide bonds. The van der Waals surface area contributed by atoms with Crippen LogP contribution in [-0.4, -0.2) is 62.3 Å². The predicted octanol–water partition coefficient (Wildman–Crippen LogP) is 3.57. The summed E-state index contributed by atoms with van der Waals surface area (Å²) in [5, 5.41) is 13.9. The zero-order chi connectivity index (χ0) is 23.0. The Labute approximate surface area is 190 Å². The Morgan fingerprint density at radius 2 is 1.32 bits per heavy atom. The maximum atomic E-state index is 12.1. The van der Waals surface area contributed by atoms with Gasteiger partial charge in [0.1, 0.15) is 25.3 Å². The highest BCUT2D eigenvalue weighted by molar-refractivity contribution is 5.75. The van der Waals surface area contributed by atoms with Crippen molar-refractivity contribution in [3.8, 4) is 0 Å². The molecular weight excluding hydrogens is 392 g/mol. The van der Waals surface area contributed by atoms with E-state index in [2.05, 4.69) is 26.3 Å². The van der Waals surface area contributed by atoms with E-state index >= 15 is 0 Å². The lowest BCUT2D eigenvalue weighted by atomic mass is 10.0. The maximum Gasteiger partial charge on any atom is 0.220 e. The monoisotopic (exact) mass is 440 g/mol. The van der Waals surface area contributed by atoms with Crippen LogP contribution in [0.4, 0.5) is 0 Å².